The summed E-state index contributed by atoms with van der Waals surface area (Å²) in [5, 5.41) is 8.62. The molecule has 5 nitrogen and oxygen atoms in total. The summed E-state index contributed by atoms with van der Waals surface area (Å²) in [7, 11) is 1.71. The zero-order valence-corrected chi connectivity index (χ0v) is 12.9. The first kappa shape index (κ1) is 16.3. The van der Waals surface area contributed by atoms with E-state index in [0.29, 0.717) is 24.6 Å². The number of hydrogen-bond donors (Lipinski definition) is 1. The molecule has 112 valence electrons. The van der Waals surface area contributed by atoms with Crippen LogP contribution in [0, 0.1) is 13.8 Å². The maximum atomic E-state index is 12.4. The zero-order chi connectivity index (χ0) is 15.4. The minimum absolute atomic E-state index is 0.0459. The minimum atomic E-state index is -0.830. The predicted octanol–water partition coefficient (Wildman–Crippen LogP) is 2.62. The van der Waals surface area contributed by atoms with Crippen molar-refractivity contribution in [2.75, 3.05) is 13.6 Å². The molecule has 0 fully saturated rings. The van der Waals surface area contributed by atoms with Crippen molar-refractivity contribution in [1.82, 2.24) is 9.47 Å². The van der Waals surface area contributed by atoms with Crippen LogP contribution in [0.1, 0.15) is 54.5 Å². The lowest BCUT2D eigenvalue weighted by Gasteiger charge is -2.18. The number of carbonyl (C=O) groups is 2. The standard InChI is InChI=1S/C15H24N2O3/c1-10(2)17-11(3)9-13(12(17)4)15(20)16(5)8-6-7-14(18)19/h9-10H,6-8H2,1-5H3,(H,18,19). The third kappa shape index (κ3) is 3.62. The molecular weight excluding hydrogens is 256 g/mol. The summed E-state index contributed by atoms with van der Waals surface area (Å²) in [6.07, 6.45) is 0.559. The van der Waals surface area contributed by atoms with E-state index in [1.54, 1.807) is 11.9 Å². The molecule has 0 aliphatic heterocycles. The Morgan fingerprint density at radius 1 is 1.35 bits per heavy atom. The number of aromatic nitrogens is 1. The fourth-order valence-electron chi connectivity index (χ4n) is 2.56. The lowest BCUT2D eigenvalue weighted by Crippen LogP contribution is -2.28. The van der Waals surface area contributed by atoms with Gasteiger partial charge < -0.3 is 14.6 Å². The molecule has 0 aliphatic rings. The van der Waals surface area contributed by atoms with Gasteiger partial charge in [-0.15, -0.1) is 0 Å². The van der Waals surface area contributed by atoms with E-state index in [-0.39, 0.29) is 12.3 Å². The van der Waals surface area contributed by atoms with Gasteiger partial charge >= 0.3 is 5.97 Å². The average Bonchev–Trinajstić information content (AvgIpc) is 2.63. The van der Waals surface area contributed by atoms with Gasteiger partial charge in [-0.2, -0.15) is 0 Å². The highest BCUT2D eigenvalue weighted by Gasteiger charge is 2.19. The maximum Gasteiger partial charge on any atom is 0.303 e. The molecule has 5 heteroatoms. The van der Waals surface area contributed by atoms with Crippen molar-refractivity contribution < 1.29 is 14.7 Å². The number of amides is 1. The highest BCUT2D eigenvalue weighted by Crippen LogP contribution is 2.21. The molecule has 1 N–H and O–H groups in total. The van der Waals surface area contributed by atoms with E-state index >= 15 is 0 Å². The Balaban J connectivity index is 2.82. The molecule has 0 bridgehead atoms. The van der Waals surface area contributed by atoms with Gasteiger partial charge in [0.2, 0.25) is 0 Å². The summed E-state index contributed by atoms with van der Waals surface area (Å²) in [4.78, 5) is 24.5. The molecule has 0 unspecified atom stereocenters. The monoisotopic (exact) mass is 280 g/mol. The first-order valence-electron chi connectivity index (χ1n) is 6.91. The fourth-order valence-corrected chi connectivity index (χ4v) is 2.56. The van der Waals surface area contributed by atoms with Crippen LogP contribution in [-0.4, -0.2) is 40.0 Å². The van der Waals surface area contributed by atoms with Crippen molar-refractivity contribution in [2.24, 2.45) is 0 Å². The van der Waals surface area contributed by atoms with Gasteiger partial charge in [0.25, 0.3) is 5.91 Å². The van der Waals surface area contributed by atoms with Gasteiger partial charge in [0, 0.05) is 37.4 Å². The number of rotatable bonds is 6. The molecule has 0 spiro atoms. The van der Waals surface area contributed by atoms with Crippen LogP contribution in [0.3, 0.4) is 0 Å². The summed E-state index contributed by atoms with van der Waals surface area (Å²) >= 11 is 0. The van der Waals surface area contributed by atoms with Crippen LogP contribution in [0.15, 0.2) is 6.07 Å². The zero-order valence-electron chi connectivity index (χ0n) is 12.9. The van der Waals surface area contributed by atoms with E-state index in [1.165, 1.54) is 0 Å². The van der Waals surface area contributed by atoms with Crippen molar-refractivity contribution in [2.45, 2.75) is 46.6 Å². The summed E-state index contributed by atoms with van der Waals surface area (Å²) in [6, 6.07) is 2.22. The van der Waals surface area contributed by atoms with E-state index in [9.17, 15) is 9.59 Å². The Morgan fingerprint density at radius 3 is 2.40 bits per heavy atom. The average molecular weight is 280 g/mol. The van der Waals surface area contributed by atoms with Crippen molar-refractivity contribution in [3.8, 4) is 0 Å². The summed E-state index contributed by atoms with van der Waals surface area (Å²) < 4.78 is 2.14. The number of aryl methyl sites for hydroxylation is 1. The molecule has 1 rings (SSSR count). The van der Waals surface area contributed by atoms with Crippen LogP contribution in [0.25, 0.3) is 0 Å². The molecule has 0 saturated carbocycles. The molecule has 0 saturated heterocycles. The second kappa shape index (κ2) is 6.59. The Morgan fingerprint density at radius 2 is 1.95 bits per heavy atom. The quantitative estimate of drug-likeness (QED) is 0.871. The number of carbonyl (C=O) groups excluding carboxylic acids is 1. The molecule has 1 aromatic rings. The highest BCUT2D eigenvalue weighted by molar-refractivity contribution is 5.95. The Hall–Kier alpha value is -1.78. The lowest BCUT2D eigenvalue weighted by molar-refractivity contribution is -0.137. The van der Waals surface area contributed by atoms with Gasteiger partial charge in [-0.05, 0) is 40.2 Å². The van der Waals surface area contributed by atoms with Crippen LogP contribution < -0.4 is 0 Å². The summed E-state index contributed by atoms with van der Waals surface area (Å²) in [5.74, 6) is -0.876. The second-order valence-electron chi connectivity index (χ2n) is 5.47. The second-order valence-corrected chi connectivity index (χ2v) is 5.47. The smallest absolute Gasteiger partial charge is 0.303 e. The Bertz CT molecular complexity index is 503. The molecule has 1 aromatic heterocycles. The number of hydrogen-bond acceptors (Lipinski definition) is 2. The maximum absolute atomic E-state index is 12.4. The van der Waals surface area contributed by atoms with Gasteiger partial charge in [0.1, 0.15) is 0 Å². The van der Waals surface area contributed by atoms with E-state index in [1.807, 2.05) is 19.9 Å². The molecule has 0 aliphatic carbocycles. The van der Waals surface area contributed by atoms with Crippen LogP contribution in [0.5, 0.6) is 0 Å². The van der Waals surface area contributed by atoms with Crippen LogP contribution in [-0.2, 0) is 4.79 Å². The third-order valence-electron chi connectivity index (χ3n) is 3.46. The van der Waals surface area contributed by atoms with Crippen LogP contribution in [0.4, 0.5) is 0 Å². The molecule has 0 atom stereocenters. The van der Waals surface area contributed by atoms with E-state index in [0.717, 1.165) is 11.4 Å². The molecule has 0 radical (unpaired) electrons. The fraction of sp³-hybridized carbons (Fsp3) is 0.600. The largest absolute Gasteiger partial charge is 0.481 e. The number of carboxylic acid groups (broad SMARTS) is 1. The normalized spacial score (nSPS) is 10.9. The molecule has 1 heterocycles. The summed E-state index contributed by atoms with van der Waals surface area (Å²) in [6.45, 7) is 8.58. The van der Waals surface area contributed by atoms with Gasteiger partial charge in [-0.1, -0.05) is 0 Å². The predicted molar refractivity (Wildman–Crippen MR) is 78.1 cm³/mol. The van der Waals surface area contributed by atoms with Crippen LogP contribution in [0.2, 0.25) is 0 Å². The van der Waals surface area contributed by atoms with Gasteiger partial charge in [0.05, 0.1) is 5.56 Å². The Labute approximate surface area is 120 Å². The molecule has 1 amide bonds. The lowest BCUT2D eigenvalue weighted by atomic mass is 10.2. The van der Waals surface area contributed by atoms with Gasteiger partial charge in [0.15, 0.2) is 0 Å². The minimum Gasteiger partial charge on any atom is -0.481 e. The topological polar surface area (TPSA) is 62.5 Å². The van der Waals surface area contributed by atoms with Crippen molar-refractivity contribution >= 4 is 11.9 Å². The van der Waals surface area contributed by atoms with Crippen LogP contribution >= 0.6 is 0 Å². The first-order valence-corrected chi connectivity index (χ1v) is 6.91. The van der Waals surface area contributed by atoms with Gasteiger partial charge in [-0.3, -0.25) is 9.59 Å². The van der Waals surface area contributed by atoms with E-state index in [4.69, 9.17) is 5.11 Å². The molecule has 20 heavy (non-hydrogen) atoms. The van der Waals surface area contributed by atoms with E-state index < -0.39 is 5.97 Å². The Kier molecular flexibility index (Phi) is 5.36. The van der Waals surface area contributed by atoms with Crippen molar-refractivity contribution in [1.29, 1.82) is 0 Å². The number of nitrogens with zero attached hydrogens (tertiary/aromatic N) is 2. The molecule has 0 aromatic carbocycles. The summed E-state index contributed by atoms with van der Waals surface area (Å²) in [5.41, 5.74) is 2.74. The third-order valence-corrected chi connectivity index (χ3v) is 3.46. The number of carboxylic acids is 1. The number of aliphatic carboxylic acids is 1. The van der Waals surface area contributed by atoms with Crippen molar-refractivity contribution in [3.63, 3.8) is 0 Å². The van der Waals surface area contributed by atoms with E-state index in [2.05, 4.69) is 18.4 Å². The highest BCUT2D eigenvalue weighted by atomic mass is 16.4. The SMILES string of the molecule is Cc1cc(C(=O)N(C)CCCC(=O)O)c(C)n1C(C)C. The molecular formula is C15H24N2O3. The van der Waals surface area contributed by atoms with Crippen molar-refractivity contribution in [3.05, 3.63) is 23.0 Å². The van der Waals surface area contributed by atoms with Gasteiger partial charge in [-0.25, -0.2) is 0 Å². The first-order chi connectivity index (χ1) is 9.25.